The summed E-state index contributed by atoms with van der Waals surface area (Å²) in [6.07, 6.45) is -2.45. The Morgan fingerprint density at radius 3 is 2.42 bits per heavy atom. The number of carbonyl (C=O) groups excluding carboxylic acids is 1. The lowest BCUT2D eigenvalue weighted by Gasteiger charge is -2.10. The fourth-order valence-electron chi connectivity index (χ4n) is 1.47. The van der Waals surface area contributed by atoms with Gasteiger partial charge in [0.2, 0.25) is 0 Å². The van der Waals surface area contributed by atoms with Crippen LogP contribution in [0.25, 0.3) is 0 Å². The van der Waals surface area contributed by atoms with Crippen molar-refractivity contribution in [1.29, 1.82) is 0 Å². The highest BCUT2D eigenvalue weighted by Gasteiger charge is 2.30. The lowest BCUT2D eigenvalue weighted by atomic mass is 10.3. The van der Waals surface area contributed by atoms with Crippen molar-refractivity contribution in [2.24, 2.45) is 5.92 Å². The first-order chi connectivity index (χ1) is 8.92. The molecule has 0 aromatic heterocycles. The van der Waals surface area contributed by atoms with Crippen LogP contribution in [0.2, 0.25) is 0 Å². The van der Waals surface area contributed by atoms with Crippen LogP contribution < -0.4 is 15.4 Å². The van der Waals surface area contributed by atoms with E-state index in [9.17, 15) is 18.0 Å². The Hall–Kier alpha value is -1.92. The zero-order valence-corrected chi connectivity index (χ0v) is 9.96. The minimum atomic E-state index is -4.71. The molecule has 1 aromatic carbocycles. The van der Waals surface area contributed by atoms with E-state index in [0.29, 0.717) is 18.2 Å². The summed E-state index contributed by atoms with van der Waals surface area (Å²) in [7, 11) is 0. The second-order valence-electron chi connectivity index (χ2n) is 4.35. The summed E-state index contributed by atoms with van der Waals surface area (Å²) in [5.41, 5.74) is 0.405. The topological polar surface area (TPSA) is 50.4 Å². The molecule has 1 aliphatic rings. The Morgan fingerprint density at radius 1 is 1.26 bits per heavy atom. The molecule has 0 bridgehead atoms. The van der Waals surface area contributed by atoms with E-state index in [2.05, 4.69) is 15.4 Å². The molecule has 0 heterocycles. The van der Waals surface area contributed by atoms with Crippen molar-refractivity contribution in [1.82, 2.24) is 5.32 Å². The van der Waals surface area contributed by atoms with E-state index in [1.807, 2.05) is 0 Å². The number of ether oxygens (including phenoxy) is 1. The van der Waals surface area contributed by atoms with Crippen LogP contribution in [0, 0.1) is 5.92 Å². The number of alkyl halides is 3. The van der Waals surface area contributed by atoms with Gasteiger partial charge < -0.3 is 15.4 Å². The van der Waals surface area contributed by atoms with Gasteiger partial charge in [-0.15, -0.1) is 13.2 Å². The average molecular weight is 274 g/mol. The largest absolute Gasteiger partial charge is 0.573 e. The van der Waals surface area contributed by atoms with E-state index < -0.39 is 6.36 Å². The van der Waals surface area contributed by atoms with Crippen molar-refractivity contribution >= 4 is 11.7 Å². The number of hydrogen-bond acceptors (Lipinski definition) is 2. The molecule has 0 radical (unpaired) electrons. The highest BCUT2D eigenvalue weighted by Crippen LogP contribution is 2.27. The van der Waals surface area contributed by atoms with E-state index in [1.165, 1.54) is 12.1 Å². The van der Waals surface area contributed by atoms with Gasteiger partial charge in [0.1, 0.15) is 5.75 Å². The number of urea groups is 1. The number of amides is 2. The van der Waals surface area contributed by atoms with Gasteiger partial charge in [-0.25, -0.2) is 4.79 Å². The van der Waals surface area contributed by atoms with Crippen molar-refractivity contribution in [3.05, 3.63) is 24.3 Å². The van der Waals surface area contributed by atoms with Gasteiger partial charge in [0.15, 0.2) is 0 Å². The van der Waals surface area contributed by atoms with Crippen LogP contribution in [0.5, 0.6) is 5.75 Å². The zero-order chi connectivity index (χ0) is 13.9. The quantitative estimate of drug-likeness (QED) is 0.886. The lowest BCUT2D eigenvalue weighted by Crippen LogP contribution is -2.30. The third-order valence-corrected chi connectivity index (χ3v) is 2.59. The number of carbonyl (C=O) groups is 1. The second kappa shape index (κ2) is 5.38. The van der Waals surface area contributed by atoms with Gasteiger partial charge in [-0.2, -0.15) is 0 Å². The Morgan fingerprint density at radius 2 is 1.89 bits per heavy atom. The molecule has 1 saturated carbocycles. The van der Waals surface area contributed by atoms with Crippen LogP contribution in [-0.2, 0) is 0 Å². The molecule has 1 aliphatic carbocycles. The predicted molar refractivity (Wildman–Crippen MR) is 62.9 cm³/mol. The third kappa shape index (κ3) is 5.07. The van der Waals surface area contributed by atoms with Crippen LogP contribution in [0.4, 0.5) is 23.7 Å². The fraction of sp³-hybridized carbons (Fsp3) is 0.417. The Balaban J connectivity index is 1.81. The maximum atomic E-state index is 11.9. The number of hydrogen-bond donors (Lipinski definition) is 2. The monoisotopic (exact) mass is 274 g/mol. The molecular formula is C12H13F3N2O2. The molecule has 2 rings (SSSR count). The Labute approximate surface area is 107 Å². The van der Waals surface area contributed by atoms with Gasteiger partial charge in [0, 0.05) is 12.2 Å². The average Bonchev–Trinajstić information content (AvgIpc) is 3.11. The minimum Gasteiger partial charge on any atom is -0.406 e. The smallest absolute Gasteiger partial charge is 0.406 e. The van der Waals surface area contributed by atoms with Gasteiger partial charge in [0.25, 0.3) is 0 Å². The molecule has 2 N–H and O–H groups in total. The molecule has 7 heteroatoms. The van der Waals surface area contributed by atoms with Crippen LogP contribution in [0.1, 0.15) is 12.8 Å². The maximum absolute atomic E-state index is 11.9. The summed E-state index contributed by atoms with van der Waals surface area (Å²) in [6, 6.07) is 4.61. The zero-order valence-electron chi connectivity index (χ0n) is 9.96. The molecule has 19 heavy (non-hydrogen) atoms. The Kier molecular flexibility index (Phi) is 3.82. The number of rotatable bonds is 4. The van der Waals surface area contributed by atoms with Gasteiger partial charge in [-0.05, 0) is 43.0 Å². The number of benzene rings is 1. The van der Waals surface area contributed by atoms with Crippen molar-refractivity contribution in [2.45, 2.75) is 19.2 Å². The van der Waals surface area contributed by atoms with Gasteiger partial charge in [-0.1, -0.05) is 0 Å². The maximum Gasteiger partial charge on any atom is 0.573 e. The summed E-state index contributed by atoms with van der Waals surface area (Å²) in [5, 5.41) is 5.21. The van der Waals surface area contributed by atoms with Crippen LogP contribution >= 0.6 is 0 Å². The summed E-state index contributed by atoms with van der Waals surface area (Å²) in [5.74, 6) is 0.241. The third-order valence-electron chi connectivity index (χ3n) is 2.59. The number of nitrogens with one attached hydrogen (secondary N) is 2. The summed E-state index contributed by atoms with van der Waals surface area (Å²) in [6.45, 7) is 0.626. The van der Waals surface area contributed by atoms with E-state index in [0.717, 1.165) is 25.0 Å². The molecule has 0 atom stereocenters. The van der Waals surface area contributed by atoms with Crippen LogP contribution in [0.3, 0.4) is 0 Å². The molecule has 0 spiro atoms. The molecule has 1 aromatic rings. The highest BCUT2D eigenvalue weighted by atomic mass is 19.4. The summed E-state index contributed by atoms with van der Waals surface area (Å²) >= 11 is 0. The predicted octanol–water partition coefficient (Wildman–Crippen LogP) is 3.12. The van der Waals surface area contributed by atoms with Crippen molar-refractivity contribution in [3.63, 3.8) is 0 Å². The molecule has 0 saturated heterocycles. The summed E-state index contributed by atoms with van der Waals surface area (Å²) < 4.78 is 39.5. The molecule has 1 fully saturated rings. The molecule has 4 nitrogen and oxygen atoms in total. The van der Waals surface area contributed by atoms with E-state index in [4.69, 9.17) is 0 Å². The van der Waals surface area contributed by atoms with E-state index in [1.54, 1.807) is 0 Å². The SMILES string of the molecule is O=C(NCC1CC1)Nc1ccc(OC(F)(F)F)cc1. The molecule has 104 valence electrons. The second-order valence-corrected chi connectivity index (χ2v) is 4.35. The lowest BCUT2D eigenvalue weighted by molar-refractivity contribution is -0.274. The van der Waals surface area contributed by atoms with E-state index in [-0.39, 0.29) is 11.8 Å². The van der Waals surface area contributed by atoms with Crippen molar-refractivity contribution in [3.8, 4) is 5.75 Å². The summed E-state index contributed by atoms with van der Waals surface area (Å²) in [4.78, 5) is 11.4. The minimum absolute atomic E-state index is 0.323. The first kappa shape index (κ1) is 13.5. The number of halogens is 3. The molecule has 0 aliphatic heterocycles. The molecule has 2 amide bonds. The fourth-order valence-corrected chi connectivity index (χ4v) is 1.47. The van der Waals surface area contributed by atoms with Crippen molar-refractivity contribution in [2.75, 3.05) is 11.9 Å². The van der Waals surface area contributed by atoms with Crippen LogP contribution in [-0.4, -0.2) is 18.9 Å². The number of anilines is 1. The van der Waals surface area contributed by atoms with Crippen LogP contribution in [0.15, 0.2) is 24.3 Å². The van der Waals surface area contributed by atoms with Gasteiger partial charge in [-0.3, -0.25) is 0 Å². The van der Waals surface area contributed by atoms with Gasteiger partial charge >= 0.3 is 12.4 Å². The first-order valence-corrected chi connectivity index (χ1v) is 5.83. The normalized spacial score (nSPS) is 14.9. The van der Waals surface area contributed by atoms with E-state index >= 15 is 0 Å². The van der Waals surface area contributed by atoms with Crippen molar-refractivity contribution < 1.29 is 22.7 Å². The molecule has 0 unspecified atom stereocenters. The highest BCUT2D eigenvalue weighted by molar-refractivity contribution is 5.89. The Bertz CT molecular complexity index is 441. The first-order valence-electron chi connectivity index (χ1n) is 5.83. The molecular weight excluding hydrogens is 261 g/mol. The standard InChI is InChI=1S/C12H13F3N2O2/c13-12(14,15)19-10-5-3-9(4-6-10)17-11(18)16-7-8-1-2-8/h3-6,8H,1-2,7H2,(H2,16,17,18). The van der Waals surface area contributed by atoms with Gasteiger partial charge in [0.05, 0.1) is 0 Å².